The highest BCUT2D eigenvalue weighted by molar-refractivity contribution is 5.30. The van der Waals surface area contributed by atoms with Gasteiger partial charge >= 0.3 is 0 Å². The van der Waals surface area contributed by atoms with Gasteiger partial charge in [0.15, 0.2) is 0 Å². The summed E-state index contributed by atoms with van der Waals surface area (Å²) in [6.07, 6.45) is 9.57. The molecule has 6 nitrogen and oxygen atoms in total. The van der Waals surface area contributed by atoms with Gasteiger partial charge in [0.1, 0.15) is 0 Å². The number of ether oxygens (including phenoxy) is 1. The number of hydrogen-bond donors (Lipinski definition) is 1. The summed E-state index contributed by atoms with van der Waals surface area (Å²) in [5.74, 6) is 1.57. The van der Waals surface area contributed by atoms with Crippen molar-refractivity contribution in [2.75, 3.05) is 51.3 Å². The van der Waals surface area contributed by atoms with Gasteiger partial charge in [-0.25, -0.2) is 9.97 Å². The molecule has 1 aromatic rings. The van der Waals surface area contributed by atoms with Crippen molar-refractivity contribution in [3.8, 4) is 0 Å². The summed E-state index contributed by atoms with van der Waals surface area (Å²) in [7, 11) is 2.16. The van der Waals surface area contributed by atoms with E-state index in [0.717, 1.165) is 57.4 Å². The van der Waals surface area contributed by atoms with Gasteiger partial charge in [-0.3, -0.25) is 0 Å². The van der Waals surface area contributed by atoms with Gasteiger partial charge in [-0.2, -0.15) is 0 Å². The van der Waals surface area contributed by atoms with E-state index in [4.69, 9.17) is 4.74 Å². The second-order valence-electron chi connectivity index (χ2n) is 7.53. The van der Waals surface area contributed by atoms with Crippen molar-refractivity contribution in [1.29, 1.82) is 0 Å². The van der Waals surface area contributed by atoms with Gasteiger partial charge in [0.25, 0.3) is 0 Å². The third kappa shape index (κ3) is 5.62. The molecule has 3 rings (SSSR count). The first kappa shape index (κ1) is 18.5. The zero-order valence-corrected chi connectivity index (χ0v) is 15.8. The molecule has 2 aliphatic rings. The Kier molecular flexibility index (Phi) is 7.02. The Morgan fingerprint density at radius 2 is 1.84 bits per heavy atom. The molecule has 1 aromatic heterocycles. The molecule has 2 fully saturated rings. The molecule has 1 N–H and O–H groups in total. The molecule has 2 atom stereocenters. The number of likely N-dealkylation sites (N-methyl/N-ethyl adjacent to an activating group) is 1. The number of nitrogens with zero attached hydrogens (tertiary/aromatic N) is 4. The number of anilines is 1. The average Bonchev–Trinajstić information content (AvgIpc) is 2.64. The van der Waals surface area contributed by atoms with Crippen molar-refractivity contribution in [3.05, 3.63) is 18.0 Å². The molecule has 1 aliphatic carbocycles. The highest BCUT2D eigenvalue weighted by atomic mass is 16.5. The molecule has 1 saturated heterocycles. The van der Waals surface area contributed by atoms with Crippen LogP contribution in [-0.4, -0.2) is 67.4 Å². The summed E-state index contributed by atoms with van der Waals surface area (Å²) >= 11 is 0. The normalized spacial score (nSPS) is 25.3. The molecule has 0 spiro atoms. The van der Waals surface area contributed by atoms with Crippen LogP contribution in [0.15, 0.2) is 12.4 Å². The van der Waals surface area contributed by atoms with Gasteiger partial charge in [0, 0.05) is 57.2 Å². The molecule has 2 unspecified atom stereocenters. The fourth-order valence-electron chi connectivity index (χ4n) is 3.65. The fraction of sp³-hybridized carbons (Fsp3) is 0.789. The van der Waals surface area contributed by atoms with Gasteiger partial charge in [0.05, 0.1) is 12.7 Å². The summed E-state index contributed by atoms with van der Waals surface area (Å²) in [6.45, 7) is 8.94. The molecular formula is C19H33N5O. The first-order valence-electron chi connectivity index (χ1n) is 9.79. The second kappa shape index (κ2) is 9.46. The third-order valence-electron chi connectivity index (χ3n) is 5.45. The van der Waals surface area contributed by atoms with Crippen LogP contribution < -0.4 is 10.2 Å². The van der Waals surface area contributed by atoms with Crippen LogP contribution in [0.5, 0.6) is 0 Å². The van der Waals surface area contributed by atoms with Crippen molar-refractivity contribution in [3.63, 3.8) is 0 Å². The van der Waals surface area contributed by atoms with E-state index >= 15 is 0 Å². The van der Waals surface area contributed by atoms with Crippen molar-refractivity contribution in [2.45, 2.75) is 45.3 Å². The third-order valence-corrected chi connectivity index (χ3v) is 5.45. The highest BCUT2D eigenvalue weighted by Gasteiger charge is 2.21. The minimum absolute atomic E-state index is 0.460. The summed E-state index contributed by atoms with van der Waals surface area (Å²) in [5.41, 5.74) is 1.13. The van der Waals surface area contributed by atoms with Crippen molar-refractivity contribution >= 4 is 5.95 Å². The van der Waals surface area contributed by atoms with Gasteiger partial charge in [-0.15, -0.1) is 0 Å². The van der Waals surface area contributed by atoms with E-state index in [1.807, 2.05) is 12.4 Å². The van der Waals surface area contributed by atoms with Gasteiger partial charge in [-0.1, -0.05) is 19.8 Å². The number of rotatable bonds is 7. The lowest BCUT2D eigenvalue weighted by Crippen LogP contribution is -2.45. The van der Waals surface area contributed by atoms with Gasteiger partial charge < -0.3 is 19.9 Å². The van der Waals surface area contributed by atoms with Crippen LogP contribution in [0, 0.1) is 5.92 Å². The Balaban J connectivity index is 1.33. The predicted molar refractivity (Wildman–Crippen MR) is 101 cm³/mol. The monoisotopic (exact) mass is 347 g/mol. The lowest BCUT2D eigenvalue weighted by atomic mass is 9.88. The lowest BCUT2D eigenvalue weighted by molar-refractivity contribution is -0.00322. The van der Waals surface area contributed by atoms with Crippen LogP contribution in [0.2, 0.25) is 0 Å². The zero-order valence-electron chi connectivity index (χ0n) is 15.8. The fourth-order valence-corrected chi connectivity index (χ4v) is 3.65. The topological polar surface area (TPSA) is 53.5 Å². The van der Waals surface area contributed by atoms with Crippen LogP contribution in [0.3, 0.4) is 0 Å². The van der Waals surface area contributed by atoms with E-state index < -0.39 is 0 Å². The maximum Gasteiger partial charge on any atom is 0.225 e. The van der Waals surface area contributed by atoms with E-state index in [-0.39, 0.29) is 0 Å². The Morgan fingerprint density at radius 1 is 1.12 bits per heavy atom. The largest absolute Gasteiger partial charge is 0.377 e. The summed E-state index contributed by atoms with van der Waals surface area (Å²) in [5, 5.41) is 3.44. The predicted octanol–water partition coefficient (Wildman–Crippen LogP) is 1.91. The maximum absolute atomic E-state index is 6.04. The molecule has 25 heavy (non-hydrogen) atoms. The molecule has 0 aromatic carbocycles. The Hall–Kier alpha value is -1.24. The first-order chi connectivity index (χ1) is 12.2. The average molecular weight is 348 g/mol. The van der Waals surface area contributed by atoms with Crippen LogP contribution in [0.4, 0.5) is 5.95 Å². The lowest BCUT2D eigenvalue weighted by Gasteiger charge is -2.32. The maximum atomic E-state index is 6.04. The second-order valence-corrected chi connectivity index (χ2v) is 7.53. The molecule has 1 aliphatic heterocycles. The van der Waals surface area contributed by atoms with E-state index in [0.29, 0.717) is 12.0 Å². The summed E-state index contributed by atoms with van der Waals surface area (Å²) in [6, 6.07) is 0. The number of hydrogen-bond acceptors (Lipinski definition) is 6. The molecular weight excluding hydrogens is 314 g/mol. The quantitative estimate of drug-likeness (QED) is 0.761. The van der Waals surface area contributed by atoms with Crippen molar-refractivity contribution in [2.24, 2.45) is 5.92 Å². The van der Waals surface area contributed by atoms with Crippen LogP contribution >= 0.6 is 0 Å². The Morgan fingerprint density at radius 3 is 2.56 bits per heavy atom. The number of piperazine rings is 1. The van der Waals surface area contributed by atoms with Gasteiger partial charge in [0.2, 0.25) is 5.95 Å². The smallest absolute Gasteiger partial charge is 0.225 e. The molecule has 0 bridgehead atoms. The van der Waals surface area contributed by atoms with Crippen LogP contribution in [0.1, 0.15) is 38.2 Å². The Labute approximate surface area is 152 Å². The van der Waals surface area contributed by atoms with E-state index in [2.05, 4.69) is 39.1 Å². The molecule has 2 heterocycles. The zero-order chi connectivity index (χ0) is 17.5. The first-order valence-corrected chi connectivity index (χ1v) is 9.79. The van der Waals surface area contributed by atoms with E-state index in [1.54, 1.807) is 0 Å². The minimum Gasteiger partial charge on any atom is -0.377 e. The minimum atomic E-state index is 0.460. The number of nitrogens with one attached hydrogen (secondary N) is 1. The molecule has 140 valence electrons. The molecule has 1 saturated carbocycles. The SMILES string of the molecule is CC1CCCCC1OCCNCc1cnc(N2CCN(C)CC2)nc1. The Bertz CT molecular complexity index is 501. The van der Waals surface area contributed by atoms with Gasteiger partial charge in [-0.05, 0) is 25.8 Å². The molecule has 0 amide bonds. The number of aromatic nitrogens is 2. The summed E-state index contributed by atoms with van der Waals surface area (Å²) in [4.78, 5) is 13.7. The summed E-state index contributed by atoms with van der Waals surface area (Å²) < 4.78 is 6.04. The van der Waals surface area contributed by atoms with Crippen molar-refractivity contribution < 1.29 is 4.74 Å². The van der Waals surface area contributed by atoms with E-state index in [9.17, 15) is 0 Å². The highest BCUT2D eigenvalue weighted by Crippen LogP contribution is 2.25. The molecule has 6 heteroatoms. The van der Waals surface area contributed by atoms with Crippen LogP contribution in [-0.2, 0) is 11.3 Å². The molecule has 0 radical (unpaired) electrons. The van der Waals surface area contributed by atoms with Crippen LogP contribution in [0.25, 0.3) is 0 Å². The standard InChI is InChI=1S/C19H33N5O/c1-16-5-3-4-6-18(16)25-12-7-20-13-17-14-21-19(22-15-17)24-10-8-23(2)9-11-24/h14-16,18,20H,3-13H2,1-2H3. The van der Waals surface area contributed by atoms with E-state index in [1.165, 1.54) is 25.7 Å². The van der Waals surface area contributed by atoms with Crippen molar-refractivity contribution in [1.82, 2.24) is 20.2 Å².